The molecular weight excluding hydrogens is 264 g/mol. The van der Waals surface area contributed by atoms with Crippen LogP contribution in [0.4, 0.5) is 5.82 Å². The van der Waals surface area contributed by atoms with Gasteiger partial charge in [-0.1, -0.05) is 12.2 Å². The van der Waals surface area contributed by atoms with Gasteiger partial charge in [0.1, 0.15) is 12.1 Å². The van der Waals surface area contributed by atoms with E-state index in [0.717, 1.165) is 29.0 Å². The average molecular weight is 278 g/mol. The second-order valence-corrected chi connectivity index (χ2v) is 5.91. The minimum absolute atomic E-state index is 0.567. The van der Waals surface area contributed by atoms with E-state index in [1.807, 2.05) is 6.07 Å². The van der Waals surface area contributed by atoms with Gasteiger partial charge in [-0.05, 0) is 24.3 Å². The van der Waals surface area contributed by atoms with E-state index in [9.17, 15) is 0 Å². The van der Waals surface area contributed by atoms with E-state index in [-0.39, 0.29) is 0 Å². The molecule has 0 atom stereocenters. The zero-order valence-corrected chi connectivity index (χ0v) is 11.5. The van der Waals surface area contributed by atoms with Gasteiger partial charge >= 0.3 is 0 Å². The number of aromatic nitrogens is 2. The highest BCUT2D eigenvalue weighted by atomic mass is 32.1. The standard InChI is InChI=1S/C12H14N4S2/c13-10(17)3-5-16(8-1-2-8)12-11-9(4-6-18-11)14-7-15-12/h4,6-8H,1-3,5H2,(H2,13,17). The molecule has 18 heavy (non-hydrogen) atoms. The Bertz CT molecular complexity index is 576. The van der Waals surface area contributed by atoms with Crippen LogP contribution < -0.4 is 10.6 Å². The maximum Gasteiger partial charge on any atom is 0.150 e. The highest BCUT2D eigenvalue weighted by molar-refractivity contribution is 7.80. The highest BCUT2D eigenvalue weighted by Gasteiger charge is 2.31. The number of anilines is 1. The van der Waals surface area contributed by atoms with Gasteiger partial charge in [0.2, 0.25) is 0 Å². The predicted octanol–water partition coefficient (Wildman–Crippen LogP) is 2.34. The molecule has 94 valence electrons. The lowest BCUT2D eigenvalue weighted by atomic mass is 10.3. The quantitative estimate of drug-likeness (QED) is 0.851. The van der Waals surface area contributed by atoms with Crippen molar-refractivity contribution in [1.29, 1.82) is 0 Å². The van der Waals surface area contributed by atoms with E-state index < -0.39 is 0 Å². The predicted molar refractivity (Wildman–Crippen MR) is 79.2 cm³/mol. The Balaban J connectivity index is 1.93. The van der Waals surface area contributed by atoms with Gasteiger partial charge in [0, 0.05) is 19.0 Å². The number of thiocarbonyl (C=S) groups is 1. The molecule has 2 aromatic rings. The molecule has 4 nitrogen and oxygen atoms in total. The molecule has 2 heterocycles. The summed E-state index contributed by atoms with van der Waals surface area (Å²) in [4.78, 5) is 11.6. The fourth-order valence-electron chi connectivity index (χ4n) is 2.06. The van der Waals surface area contributed by atoms with E-state index in [4.69, 9.17) is 18.0 Å². The van der Waals surface area contributed by atoms with Crippen molar-refractivity contribution in [3.63, 3.8) is 0 Å². The van der Waals surface area contributed by atoms with Gasteiger partial charge in [0.15, 0.2) is 0 Å². The van der Waals surface area contributed by atoms with Crippen molar-refractivity contribution >= 4 is 44.6 Å². The molecule has 0 unspecified atom stereocenters. The summed E-state index contributed by atoms with van der Waals surface area (Å²) in [6, 6.07) is 2.63. The van der Waals surface area contributed by atoms with Gasteiger partial charge < -0.3 is 10.6 Å². The molecule has 1 saturated carbocycles. The Morgan fingerprint density at radius 3 is 3.06 bits per heavy atom. The van der Waals surface area contributed by atoms with Gasteiger partial charge in [-0.2, -0.15) is 0 Å². The lowest BCUT2D eigenvalue weighted by molar-refractivity contribution is 0.789. The molecule has 0 aliphatic heterocycles. The van der Waals surface area contributed by atoms with Gasteiger partial charge in [-0.15, -0.1) is 11.3 Å². The smallest absolute Gasteiger partial charge is 0.150 e. The molecule has 0 bridgehead atoms. The van der Waals surface area contributed by atoms with Crippen molar-refractivity contribution in [2.24, 2.45) is 5.73 Å². The first kappa shape index (κ1) is 11.8. The zero-order valence-electron chi connectivity index (χ0n) is 9.87. The maximum atomic E-state index is 5.61. The van der Waals surface area contributed by atoms with Crippen LogP contribution in [-0.4, -0.2) is 27.5 Å². The van der Waals surface area contributed by atoms with Crippen molar-refractivity contribution in [3.8, 4) is 0 Å². The summed E-state index contributed by atoms with van der Waals surface area (Å²) in [5.74, 6) is 1.04. The van der Waals surface area contributed by atoms with Crippen LogP contribution in [0.25, 0.3) is 10.2 Å². The number of rotatable bonds is 5. The Morgan fingerprint density at radius 1 is 1.50 bits per heavy atom. The molecular formula is C12H14N4S2. The first-order valence-electron chi connectivity index (χ1n) is 5.99. The number of thiophene rings is 1. The topological polar surface area (TPSA) is 55.0 Å². The molecule has 1 fully saturated rings. The maximum absolute atomic E-state index is 5.61. The number of hydrogen-bond acceptors (Lipinski definition) is 5. The first-order chi connectivity index (χ1) is 8.75. The number of nitrogens with two attached hydrogens (primary N) is 1. The van der Waals surface area contributed by atoms with Crippen LogP contribution in [0.1, 0.15) is 19.3 Å². The summed E-state index contributed by atoms with van der Waals surface area (Å²) in [6.45, 7) is 0.851. The summed E-state index contributed by atoms with van der Waals surface area (Å²) in [7, 11) is 0. The summed E-state index contributed by atoms with van der Waals surface area (Å²) >= 11 is 6.66. The van der Waals surface area contributed by atoms with Crippen LogP contribution in [0.3, 0.4) is 0 Å². The molecule has 1 aliphatic rings. The average Bonchev–Trinajstić information content (AvgIpc) is 3.06. The number of fused-ring (bicyclic) bond motifs is 1. The van der Waals surface area contributed by atoms with Gasteiger partial charge in [0.25, 0.3) is 0 Å². The van der Waals surface area contributed by atoms with Crippen LogP contribution in [0.15, 0.2) is 17.8 Å². The summed E-state index contributed by atoms with van der Waals surface area (Å²) in [5.41, 5.74) is 6.63. The minimum atomic E-state index is 0.567. The lowest BCUT2D eigenvalue weighted by Crippen LogP contribution is -2.30. The second kappa shape index (κ2) is 4.78. The van der Waals surface area contributed by atoms with Crippen LogP contribution in [0.2, 0.25) is 0 Å². The fourth-order valence-corrected chi connectivity index (χ4v) is 3.00. The third-order valence-electron chi connectivity index (χ3n) is 3.08. The van der Waals surface area contributed by atoms with Crippen LogP contribution in [-0.2, 0) is 0 Å². The normalized spacial score (nSPS) is 14.9. The summed E-state index contributed by atoms with van der Waals surface area (Å²) < 4.78 is 1.16. The molecule has 0 amide bonds. The van der Waals surface area contributed by atoms with E-state index in [1.165, 1.54) is 12.8 Å². The lowest BCUT2D eigenvalue weighted by Gasteiger charge is -2.23. The largest absolute Gasteiger partial charge is 0.393 e. The molecule has 0 spiro atoms. The number of nitrogens with zero attached hydrogens (tertiary/aromatic N) is 3. The SMILES string of the molecule is NC(=S)CCN(c1ncnc2ccsc12)C1CC1. The Labute approximate surface area is 115 Å². The van der Waals surface area contributed by atoms with E-state index >= 15 is 0 Å². The molecule has 0 saturated heterocycles. The second-order valence-electron chi connectivity index (χ2n) is 4.47. The Kier molecular flexibility index (Phi) is 3.13. The van der Waals surface area contributed by atoms with Crippen molar-refractivity contribution in [2.45, 2.75) is 25.3 Å². The van der Waals surface area contributed by atoms with E-state index in [1.54, 1.807) is 17.7 Å². The fraction of sp³-hybridized carbons (Fsp3) is 0.417. The van der Waals surface area contributed by atoms with E-state index in [2.05, 4.69) is 20.2 Å². The van der Waals surface area contributed by atoms with Gasteiger partial charge in [0.05, 0.1) is 15.2 Å². The molecule has 1 aliphatic carbocycles. The molecule has 0 aromatic carbocycles. The third-order valence-corrected chi connectivity index (χ3v) is 4.19. The highest BCUT2D eigenvalue weighted by Crippen LogP contribution is 2.35. The Hall–Kier alpha value is -1.27. The molecule has 2 N–H and O–H groups in total. The zero-order chi connectivity index (χ0) is 12.5. The van der Waals surface area contributed by atoms with Gasteiger partial charge in [-0.25, -0.2) is 9.97 Å². The third kappa shape index (κ3) is 2.30. The first-order valence-corrected chi connectivity index (χ1v) is 7.27. The molecule has 3 rings (SSSR count). The Morgan fingerprint density at radius 2 is 2.33 bits per heavy atom. The molecule has 2 aromatic heterocycles. The van der Waals surface area contributed by atoms with Crippen molar-refractivity contribution in [3.05, 3.63) is 17.8 Å². The van der Waals surface area contributed by atoms with Crippen LogP contribution in [0.5, 0.6) is 0 Å². The molecule has 0 radical (unpaired) electrons. The molecule has 6 heteroatoms. The summed E-state index contributed by atoms with van der Waals surface area (Å²) in [6.07, 6.45) is 4.84. The van der Waals surface area contributed by atoms with Crippen LogP contribution >= 0.6 is 23.6 Å². The van der Waals surface area contributed by atoms with Crippen molar-refractivity contribution < 1.29 is 0 Å². The van der Waals surface area contributed by atoms with Gasteiger partial charge in [-0.3, -0.25) is 0 Å². The minimum Gasteiger partial charge on any atom is -0.393 e. The van der Waals surface area contributed by atoms with Crippen molar-refractivity contribution in [2.75, 3.05) is 11.4 Å². The van der Waals surface area contributed by atoms with E-state index in [0.29, 0.717) is 11.0 Å². The number of hydrogen-bond donors (Lipinski definition) is 1. The van der Waals surface area contributed by atoms with Crippen LogP contribution in [0, 0.1) is 0 Å². The van der Waals surface area contributed by atoms with Crippen molar-refractivity contribution in [1.82, 2.24) is 9.97 Å². The monoisotopic (exact) mass is 278 g/mol. The summed E-state index contributed by atoms with van der Waals surface area (Å²) in [5, 5.41) is 2.06.